The summed E-state index contributed by atoms with van der Waals surface area (Å²) in [5, 5.41) is 9.82. The number of halogens is 1. The van der Waals surface area contributed by atoms with E-state index in [0.29, 0.717) is 19.5 Å². The summed E-state index contributed by atoms with van der Waals surface area (Å²) >= 11 is 4.87. The van der Waals surface area contributed by atoms with Crippen molar-refractivity contribution in [3.8, 4) is 0 Å². The molecule has 16 heavy (non-hydrogen) atoms. The lowest BCUT2D eigenvalue weighted by Gasteiger charge is -2.18. The zero-order valence-electron chi connectivity index (χ0n) is 9.29. The number of aliphatic hydroxyl groups is 1. The van der Waals surface area contributed by atoms with E-state index in [0.717, 1.165) is 14.2 Å². The Balaban J connectivity index is 2.15. The van der Waals surface area contributed by atoms with Gasteiger partial charge < -0.3 is 10.0 Å². The molecule has 1 unspecified atom stereocenters. The topological polar surface area (TPSA) is 40.5 Å². The van der Waals surface area contributed by atoms with E-state index in [9.17, 15) is 9.90 Å². The second kappa shape index (κ2) is 4.13. The van der Waals surface area contributed by atoms with Crippen LogP contribution in [-0.2, 0) is 0 Å². The van der Waals surface area contributed by atoms with E-state index in [1.807, 2.05) is 13.0 Å². The van der Waals surface area contributed by atoms with Crippen molar-refractivity contribution in [3.63, 3.8) is 0 Å². The van der Waals surface area contributed by atoms with Crippen LogP contribution in [0.2, 0.25) is 0 Å². The molecule has 0 bridgehead atoms. The fraction of sp³-hybridized carbons (Fsp3) is 0.545. The third-order valence-corrected chi connectivity index (χ3v) is 4.93. The minimum atomic E-state index is -0.723. The molecule has 5 heteroatoms. The van der Waals surface area contributed by atoms with E-state index in [4.69, 9.17) is 0 Å². The van der Waals surface area contributed by atoms with Crippen molar-refractivity contribution in [2.45, 2.75) is 25.9 Å². The summed E-state index contributed by atoms with van der Waals surface area (Å²) in [6.07, 6.45) is 0.657. The molecule has 1 atom stereocenters. The number of β-amino-alcohol motifs (C(OH)–C–C–N with tert-alkyl or cyclic N) is 1. The zero-order chi connectivity index (χ0) is 11.9. The maximum atomic E-state index is 12.1. The van der Waals surface area contributed by atoms with Gasteiger partial charge in [-0.05, 0) is 47.8 Å². The Kier molecular flexibility index (Phi) is 3.11. The summed E-state index contributed by atoms with van der Waals surface area (Å²) in [6.45, 7) is 4.81. The molecule has 1 amide bonds. The van der Waals surface area contributed by atoms with Crippen LogP contribution in [0.25, 0.3) is 0 Å². The molecule has 1 N–H and O–H groups in total. The molecule has 0 aromatic carbocycles. The quantitative estimate of drug-likeness (QED) is 0.865. The number of rotatable bonds is 1. The number of aryl methyl sites for hydroxylation is 1. The minimum Gasteiger partial charge on any atom is -0.388 e. The minimum absolute atomic E-state index is 0.0246. The van der Waals surface area contributed by atoms with Gasteiger partial charge in [-0.15, -0.1) is 11.3 Å². The number of nitrogens with zero attached hydrogens (tertiary/aromatic N) is 1. The molecule has 2 heterocycles. The fourth-order valence-corrected chi connectivity index (χ4v) is 3.34. The Morgan fingerprint density at radius 2 is 2.38 bits per heavy atom. The van der Waals surface area contributed by atoms with Crippen molar-refractivity contribution in [2.75, 3.05) is 13.1 Å². The Labute approximate surface area is 107 Å². The highest BCUT2D eigenvalue weighted by Gasteiger charge is 2.34. The van der Waals surface area contributed by atoms with Crippen LogP contribution >= 0.6 is 27.3 Å². The Hall–Kier alpha value is -0.390. The van der Waals surface area contributed by atoms with Crippen LogP contribution in [0, 0.1) is 6.92 Å². The normalized spacial score (nSPS) is 25.1. The van der Waals surface area contributed by atoms with Gasteiger partial charge in [0.05, 0.1) is 14.3 Å². The standard InChI is InChI=1S/C11H14BrNO2S/c1-7-5-8(16-9(7)12)10(14)13-4-3-11(2,15)6-13/h5,15H,3-4,6H2,1-2H3. The molecule has 0 spiro atoms. The van der Waals surface area contributed by atoms with E-state index in [-0.39, 0.29) is 5.91 Å². The van der Waals surface area contributed by atoms with Crippen LogP contribution in [0.5, 0.6) is 0 Å². The van der Waals surface area contributed by atoms with E-state index in [2.05, 4.69) is 15.9 Å². The van der Waals surface area contributed by atoms with Gasteiger partial charge in [-0.1, -0.05) is 0 Å². The van der Waals surface area contributed by atoms with Gasteiger partial charge in [-0.2, -0.15) is 0 Å². The van der Waals surface area contributed by atoms with Crippen molar-refractivity contribution in [1.29, 1.82) is 0 Å². The molecule has 1 fully saturated rings. The van der Waals surface area contributed by atoms with Crippen LogP contribution in [-0.4, -0.2) is 34.6 Å². The second-order valence-corrected chi connectivity index (χ2v) is 6.91. The SMILES string of the molecule is Cc1cc(C(=O)N2CCC(C)(O)C2)sc1Br. The first-order chi connectivity index (χ1) is 7.39. The second-order valence-electron chi connectivity index (χ2n) is 4.54. The van der Waals surface area contributed by atoms with E-state index in [1.165, 1.54) is 11.3 Å². The van der Waals surface area contributed by atoms with Gasteiger partial charge >= 0.3 is 0 Å². The predicted molar refractivity (Wildman–Crippen MR) is 67.9 cm³/mol. The van der Waals surface area contributed by atoms with Crippen molar-refractivity contribution < 1.29 is 9.90 Å². The fourth-order valence-electron chi connectivity index (χ4n) is 1.84. The number of carbonyl (C=O) groups excluding carboxylic acids is 1. The summed E-state index contributed by atoms with van der Waals surface area (Å²) in [5.74, 6) is 0.0246. The number of likely N-dealkylation sites (tertiary alicyclic amines) is 1. The number of hydrogen-bond donors (Lipinski definition) is 1. The number of hydrogen-bond acceptors (Lipinski definition) is 3. The summed E-state index contributed by atoms with van der Waals surface area (Å²) in [4.78, 5) is 14.6. The molecule has 1 aliphatic heterocycles. The molecule has 88 valence electrons. The molecule has 3 nitrogen and oxygen atoms in total. The summed E-state index contributed by atoms with van der Waals surface area (Å²) in [6, 6.07) is 1.89. The molecular weight excluding hydrogens is 290 g/mol. The number of amides is 1. The van der Waals surface area contributed by atoms with Crippen LogP contribution < -0.4 is 0 Å². The Bertz CT molecular complexity index is 408. The molecule has 0 aliphatic carbocycles. The van der Waals surface area contributed by atoms with Gasteiger partial charge in [-0.25, -0.2) is 0 Å². The van der Waals surface area contributed by atoms with Crippen LogP contribution in [0.4, 0.5) is 0 Å². The third-order valence-electron chi connectivity index (χ3n) is 2.81. The first-order valence-electron chi connectivity index (χ1n) is 5.17. The molecule has 0 radical (unpaired) electrons. The van der Waals surface area contributed by atoms with Gasteiger partial charge in [0.1, 0.15) is 0 Å². The molecule has 1 aromatic rings. The van der Waals surface area contributed by atoms with Gasteiger partial charge in [0.15, 0.2) is 0 Å². The summed E-state index contributed by atoms with van der Waals surface area (Å²) < 4.78 is 1.00. The lowest BCUT2D eigenvalue weighted by Crippen LogP contribution is -2.33. The Morgan fingerprint density at radius 3 is 2.81 bits per heavy atom. The molecule has 0 saturated carbocycles. The van der Waals surface area contributed by atoms with Crippen LogP contribution in [0.3, 0.4) is 0 Å². The van der Waals surface area contributed by atoms with Gasteiger partial charge in [0.2, 0.25) is 0 Å². The highest BCUT2D eigenvalue weighted by molar-refractivity contribution is 9.11. The van der Waals surface area contributed by atoms with Crippen molar-refractivity contribution in [1.82, 2.24) is 4.90 Å². The van der Waals surface area contributed by atoms with Gasteiger partial charge in [0.25, 0.3) is 5.91 Å². The van der Waals surface area contributed by atoms with Gasteiger partial charge in [-0.3, -0.25) is 4.79 Å². The monoisotopic (exact) mass is 303 g/mol. The average molecular weight is 304 g/mol. The van der Waals surface area contributed by atoms with Gasteiger partial charge in [0, 0.05) is 13.1 Å². The largest absolute Gasteiger partial charge is 0.388 e. The Morgan fingerprint density at radius 1 is 1.69 bits per heavy atom. The molecule has 2 rings (SSSR count). The first kappa shape index (κ1) is 12.1. The van der Waals surface area contributed by atoms with Crippen molar-refractivity contribution in [2.24, 2.45) is 0 Å². The highest BCUT2D eigenvalue weighted by atomic mass is 79.9. The number of thiophene rings is 1. The van der Waals surface area contributed by atoms with E-state index >= 15 is 0 Å². The molecule has 1 aliphatic rings. The average Bonchev–Trinajstić information content (AvgIpc) is 2.70. The molecular formula is C11H14BrNO2S. The molecule has 1 saturated heterocycles. The highest BCUT2D eigenvalue weighted by Crippen LogP contribution is 2.30. The predicted octanol–water partition coefficient (Wildman–Crippen LogP) is 2.42. The maximum absolute atomic E-state index is 12.1. The van der Waals surface area contributed by atoms with E-state index in [1.54, 1.807) is 11.8 Å². The zero-order valence-corrected chi connectivity index (χ0v) is 11.7. The van der Waals surface area contributed by atoms with E-state index < -0.39 is 5.60 Å². The lowest BCUT2D eigenvalue weighted by molar-refractivity contribution is 0.0575. The maximum Gasteiger partial charge on any atom is 0.264 e. The van der Waals surface area contributed by atoms with Crippen molar-refractivity contribution in [3.05, 3.63) is 20.3 Å². The third kappa shape index (κ3) is 2.31. The van der Waals surface area contributed by atoms with Crippen LogP contribution in [0.1, 0.15) is 28.6 Å². The first-order valence-corrected chi connectivity index (χ1v) is 6.77. The smallest absolute Gasteiger partial charge is 0.264 e. The number of carbonyl (C=O) groups is 1. The summed E-state index contributed by atoms with van der Waals surface area (Å²) in [7, 11) is 0. The summed E-state index contributed by atoms with van der Waals surface area (Å²) in [5.41, 5.74) is 0.360. The van der Waals surface area contributed by atoms with Crippen LogP contribution in [0.15, 0.2) is 9.85 Å². The lowest BCUT2D eigenvalue weighted by atomic mass is 10.1. The van der Waals surface area contributed by atoms with Crippen molar-refractivity contribution >= 4 is 33.2 Å². The molecule has 1 aromatic heterocycles.